The van der Waals surface area contributed by atoms with Gasteiger partial charge in [-0.3, -0.25) is 4.79 Å². The smallest absolute Gasteiger partial charge is 0.223 e. The van der Waals surface area contributed by atoms with E-state index < -0.39 is 0 Å². The van der Waals surface area contributed by atoms with Crippen LogP contribution in [0.15, 0.2) is 0 Å². The van der Waals surface area contributed by atoms with Crippen molar-refractivity contribution in [3.8, 4) is 0 Å². The molecule has 1 atom stereocenters. The topological polar surface area (TPSA) is 55.6 Å². The minimum Gasteiger partial charge on any atom is -0.384 e. The monoisotopic (exact) mass is 270 g/mol. The summed E-state index contributed by atoms with van der Waals surface area (Å²) in [6, 6.07) is 0.447. The second-order valence-corrected chi connectivity index (χ2v) is 5.79. The van der Waals surface area contributed by atoms with Gasteiger partial charge in [0.25, 0.3) is 0 Å². The summed E-state index contributed by atoms with van der Waals surface area (Å²) >= 11 is 0. The normalized spacial score (nSPS) is 18.3. The first-order valence-electron chi connectivity index (χ1n) is 7.67. The summed E-state index contributed by atoms with van der Waals surface area (Å²) in [4.78, 5) is 14.6. The number of hydrogen-bond donors (Lipinski definition) is 1. The number of amides is 1. The largest absolute Gasteiger partial charge is 0.384 e. The van der Waals surface area contributed by atoms with Crippen molar-refractivity contribution in [2.24, 2.45) is 11.7 Å². The lowest BCUT2D eigenvalue weighted by molar-refractivity contribution is -0.135. The van der Waals surface area contributed by atoms with Crippen molar-refractivity contribution in [1.29, 1.82) is 0 Å². The van der Waals surface area contributed by atoms with Crippen molar-refractivity contribution in [2.45, 2.75) is 57.9 Å². The summed E-state index contributed by atoms with van der Waals surface area (Å²) in [5.41, 5.74) is 5.60. The lowest BCUT2D eigenvalue weighted by atomic mass is 9.93. The van der Waals surface area contributed by atoms with Gasteiger partial charge in [0.05, 0.1) is 0 Å². The van der Waals surface area contributed by atoms with Crippen LogP contribution in [0.2, 0.25) is 0 Å². The lowest BCUT2D eigenvalue weighted by Gasteiger charge is -2.35. The summed E-state index contributed by atoms with van der Waals surface area (Å²) in [5.74, 6) is 0.575. The SMILES string of the molecule is COCC(C)CC(=O)N(CCCN)C1CCCCC1. The third-order valence-electron chi connectivity index (χ3n) is 3.91. The van der Waals surface area contributed by atoms with Crippen molar-refractivity contribution in [2.75, 3.05) is 26.8 Å². The van der Waals surface area contributed by atoms with E-state index in [0.29, 0.717) is 31.5 Å². The highest BCUT2D eigenvalue weighted by Gasteiger charge is 2.25. The molecule has 1 unspecified atom stereocenters. The standard InChI is InChI=1S/C15H30N2O2/c1-13(12-19-2)11-15(18)17(10-6-9-16)14-7-4-3-5-8-14/h13-14H,3-12,16H2,1-2H3. The number of methoxy groups -OCH3 is 1. The fourth-order valence-electron chi connectivity index (χ4n) is 2.92. The quantitative estimate of drug-likeness (QED) is 0.735. The predicted molar refractivity (Wildman–Crippen MR) is 77.9 cm³/mol. The average molecular weight is 270 g/mol. The molecule has 0 spiro atoms. The van der Waals surface area contributed by atoms with Crippen LogP contribution in [0.1, 0.15) is 51.9 Å². The van der Waals surface area contributed by atoms with Crippen LogP contribution in [-0.2, 0) is 9.53 Å². The maximum Gasteiger partial charge on any atom is 0.223 e. The van der Waals surface area contributed by atoms with Crippen molar-refractivity contribution in [3.05, 3.63) is 0 Å². The van der Waals surface area contributed by atoms with Crippen LogP contribution in [-0.4, -0.2) is 43.7 Å². The maximum absolute atomic E-state index is 12.5. The molecule has 4 heteroatoms. The Hall–Kier alpha value is -0.610. The first-order chi connectivity index (χ1) is 9.19. The number of hydrogen-bond acceptors (Lipinski definition) is 3. The number of carbonyl (C=O) groups excluding carboxylic acids is 1. The molecule has 0 aromatic carbocycles. The Morgan fingerprint density at radius 2 is 2.05 bits per heavy atom. The van der Waals surface area contributed by atoms with Crippen LogP contribution in [0.25, 0.3) is 0 Å². The van der Waals surface area contributed by atoms with Crippen LogP contribution in [0.5, 0.6) is 0 Å². The first kappa shape index (κ1) is 16.4. The molecule has 2 N–H and O–H groups in total. The summed E-state index contributed by atoms with van der Waals surface area (Å²) in [5, 5.41) is 0. The van der Waals surface area contributed by atoms with E-state index >= 15 is 0 Å². The van der Waals surface area contributed by atoms with Crippen LogP contribution < -0.4 is 5.73 Å². The van der Waals surface area contributed by atoms with Gasteiger partial charge in [-0.2, -0.15) is 0 Å². The number of ether oxygens (including phenoxy) is 1. The highest BCUT2D eigenvalue weighted by Crippen LogP contribution is 2.24. The van der Waals surface area contributed by atoms with Crippen molar-refractivity contribution >= 4 is 5.91 Å². The zero-order valence-electron chi connectivity index (χ0n) is 12.6. The molecule has 1 amide bonds. The third kappa shape index (κ3) is 5.91. The Bertz CT molecular complexity index is 253. The molecule has 1 aliphatic rings. The maximum atomic E-state index is 12.5. The molecule has 112 valence electrons. The Kier molecular flexibility index (Phi) is 8.07. The zero-order chi connectivity index (χ0) is 14.1. The molecule has 19 heavy (non-hydrogen) atoms. The number of nitrogens with two attached hydrogens (primary N) is 1. The molecule has 0 radical (unpaired) electrons. The van der Waals surface area contributed by atoms with Crippen LogP contribution in [0, 0.1) is 5.92 Å². The fourth-order valence-corrected chi connectivity index (χ4v) is 2.92. The Balaban J connectivity index is 2.53. The van der Waals surface area contributed by atoms with Crippen LogP contribution in [0.3, 0.4) is 0 Å². The highest BCUT2D eigenvalue weighted by atomic mass is 16.5. The van der Waals surface area contributed by atoms with Crippen molar-refractivity contribution in [3.63, 3.8) is 0 Å². The highest BCUT2D eigenvalue weighted by molar-refractivity contribution is 5.76. The van der Waals surface area contributed by atoms with E-state index in [4.69, 9.17) is 10.5 Å². The average Bonchev–Trinajstić information content (AvgIpc) is 2.40. The van der Waals surface area contributed by atoms with E-state index in [1.807, 2.05) is 0 Å². The summed E-state index contributed by atoms with van der Waals surface area (Å²) in [6.07, 6.45) is 7.64. The number of rotatable bonds is 8. The van der Waals surface area contributed by atoms with Gasteiger partial charge in [-0.25, -0.2) is 0 Å². The van der Waals surface area contributed by atoms with Crippen molar-refractivity contribution < 1.29 is 9.53 Å². The molecule has 1 rings (SSSR count). The van der Waals surface area contributed by atoms with Gasteiger partial charge >= 0.3 is 0 Å². The van der Waals surface area contributed by atoms with Gasteiger partial charge < -0.3 is 15.4 Å². The number of carbonyl (C=O) groups is 1. The Morgan fingerprint density at radius 1 is 1.37 bits per heavy atom. The second kappa shape index (κ2) is 9.32. The molecule has 0 aromatic rings. The Labute approximate surface area is 117 Å². The van der Waals surface area contributed by atoms with E-state index in [1.54, 1.807) is 7.11 Å². The molecule has 1 fully saturated rings. The van der Waals surface area contributed by atoms with E-state index in [2.05, 4.69) is 11.8 Å². The molecular weight excluding hydrogens is 240 g/mol. The van der Waals surface area contributed by atoms with E-state index in [9.17, 15) is 4.79 Å². The lowest BCUT2D eigenvalue weighted by Crippen LogP contribution is -2.43. The summed E-state index contributed by atoms with van der Waals surface area (Å²) < 4.78 is 5.12. The van der Waals surface area contributed by atoms with Crippen LogP contribution in [0.4, 0.5) is 0 Å². The molecule has 0 aromatic heterocycles. The molecule has 0 saturated heterocycles. The van der Waals surface area contributed by atoms with Gasteiger partial charge in [0, 0.05) is 32.7 Å². The van der Waals surface area contributed by atoms with Gasteiger partial charge in [0.15, 0.2) is 0 Å². The zero-order valence-corrected chi connectivity index (χ0v) is 12.6. The molecule has 0 heterocycles. The van der Waals surface area contributed by atoms with E-state index in [1.165, 1.54) is 19.3 Å². The Morgan fingerprint density at radius 3 is 2.63 bits per heavy atom. The molecular formula is C15H30N2O2. The third-order valence-corrected chi connectivity index (χ3v) is 3.91. The van der Waals surface area contributed by atoms with Crippen LogP contribution >= 0.6 is 0 Å². The second-order valence-electron chi connectivity index (χ2n) is 5.79. The van der Waals surface area contributed by atoms with Gasteiger partial charge in [0.1, 0.15) is 0 Å². The molecule has 1 aliphatic carbocycles. The number of nitrogens with zero attached hydrogens (tertiary/aromatic N) is 1. The molecule has 1 saturated carbocycles. The van der Waals surface area contributed by atoms with Gasteiger partial charge in [-0.1, -0.05) is 26.2 Å². The first-order valence-corrected chi connectivity index (χ1v) is 7.67. The molecule has 0 aliphatic heterocycles. The van der Waals surface area contributed by atoms with Gasteiger partial charge in [0.2, 0.25) is 5.91 Å². The minimum absolute atomic E-state index is 0.282. The summed E-state index contributed by atoms with van der Waals surface area (Å²) in [6.45, 7) is 4.20. The summed E-state index contributed by atoms with van der Waals surface area (Å²) in [7, 11) is 1.69. The molecule has 4 nitrogen and oxygen atoms in total. The van der Waals surface area contributed by atoms with Gasteiger partial charge in [-0.05, 0) is 31.7 Å². The minimum atomic E-state index is 0.282. The van der Waals surface area contributed by atoms with E-state index in [-0.39, 0.29) is 5.91 Å². The van der Waals surface area contributed by atoms with Crippen molar-refractivity contribution in [1.82, 2.24) is 4.90 Å². The van der Waals surface area contributed by atoms with E-state index in [0.717, 1.165) is 25.8 Å². The fraction of sp³-hybridized carbons (Fsp3) is 0.933. The van der Waals surface area contributed by atoms with Gasteiger partial charge in [-0.15, -0.1) is 0 Å². The predicted octanol–water partition coefficient (Wildman–Crippen LogP) is 2.17. The molecule has 0 bridgehead atoms.